The van der Waals surface area contributed by atoms with Crippen LogP contribution in [0.25, 0.3) is 0 Å². The highest BCUT2D eigenvalue weighted by Crippen LogP contribution is 2.24. The fourth-order valence-corrected chi connectivity index (χ4v) is 0.999. The minimum atomic E-state index is -2.90. The second-order valence-corrected chi connectivity index (χ2v) is 2.65. The molecule has 5 nitrogen and oxygen atoms in total. The highest BCUT2D eigenvalue weighted by atomic mass is 19.3. The molecule has 0 aromatic carbocycles. The summed E-state index contributed by atoms with van der Waals surface area (Å²) >= 11 is 0. The Hall–Kier alpha value is -1.50. The number of methoxy groups -OCH3 is 1. The average Bonchev–Trinajstić information content (AvgIpc) is 2.61. The Morgan fingerprint density at radius 1 is 1.67 bits per heavy atom. The van der Waals surface area contributed by atoms with Gasteiger partial charge in [0.1, 0.15) is 0 Å². The van der Waals surface area contributed by atoms with Gasteiger partial charge in [-0.05, 0) is 0 Å². The first-order valence-electron chi connectivity index (χ1n) is 4.16. The van der Waals surface area contributed by atoms with E-state index in [4.69, 9.17) is 10.2 Å². The molecule has 0 radical (unpaired) electrons. The maximum Gasteiger partial charge on any atom is 0.360 e. The van der Waals surface area contributed by atoms with Crippen LogP contribution in [0.5, 0.6) is 0 Å². The van der Waals surface area contributed by atoms with Crippen molar-refractivity contribution in [3.8, 4) is 0 Å². The van der Waals surface area contributed by atoms with E-state index in [0.717, 1.165) is 7.11 Å². The van der Waals surface area contributed by atoms with Gasteiger partial charge in [-0.1, -0.05) is 0 Å². The Morgan fingerprint density at radius 2 is 2.33 bits per heavy atom. The lowest BCUT2D eigenvalue weighted by atomic mass is 10.3. The van der Waals surface area contributed by atoms with Gasteiger partial charge in [-0.15, -0.1) is 0 Å². The number of nitrogens with zero attached hydrogens (tertiary/aromatic N) is 1. The summed E-state index contributed by atoms with van der Waals surface area (Å²) in [5, 5.41) is 0. The third-order valence-electron chi connectivity index (χ3n) is 1.63. The van der Waals surface area contributed by atoms with E-state index in [1.807, 2.05) is 0 Å². The molecule has 0 spiro atoms. The highest BCUT2D eigenvalue weighted by molar-refractivity contribution is 5.88. The van der Waals surface area contributed by atoms with E-state index in [2.05, 4.69) is 9.72 Å². The molecule has 15 heavy (non-hydrogen) atoms. The van der Waals surface area contributed by atoms with Crippen molar-refractivity contribution in [3.63, 3.8) is 0 Å². The van der Waals surface area contributed by atoms with E-state index in [1.54, 1.807) is 0 Å². The van der Waals surface area contributed by atoms with Crippen molar-refractivity contribution in [2.45, 2.75) is 12.8 Å². The quantitative estimate of drug-likeness (QED) is 0.762. The van der Waals surface area contributed by atoms with Crippen molar-refractivity contribution in [3.05, 3.63) is 17.3 Å². The number of aromatic nitrogens is 1. The van der Waals surface area contributed by atoms with E-state index in [0.29, 0.717) is 0 Å². The van der Waals surface area contributed by atoms with Gasteiger partial charge in [0.25, 0.3) is 6.43 Å². The molecule has 0 unspecified atom stereocenters. The molecule has 84 valence electrons. The molecular formula is C8H10F2N2O3. The van der Waals surface area contributed by atoms with Crippen molar-refractivity contribution in [1.29, 1.82) is 0 Å². The summed E-state index contributed by atoms with van der Waals surface area (Å²) in [6.45, 7) is 0.198. The fourth-order valence-electron chi connectivity index (χ4n) is 0.999. The average molecular weight is 220 g/mol. The number of carbonyl (C=O) groups is 1. The van der Waals surface area contributed by atoms with Gasteiger partial charge in [-0.25, -0.2) is 18.6 Å². The predicted molar refractivity (Wildman–Crippen MR) is 45.6 cm³/mol. The van der Waals surface area contributed by atoms with Gasteiger partial charge in [-0.3, -0.25) is 0 Å². The van der Waals surface area contributed by atoms with Crippen molar-refractivity contribution >= 4 is 5.97 Å². The minimum absolute atomic E-state index is 0.00759. The third kappa shape index (κ3) is 2.50. The molecule has 0 atom stereocenters. The molecule has 2 N–H and O–H groups in total. The maximum absolute atomic E-state index is 12.4. The summed E-state index contributed by atoms with van der Waals surface area (Å²) in [4.78, 5) is 14.6. The Balaban J connectivity index is 3.05. The molecular weight excluding hydrogens is 210 g/mol. The Labute approximate surface area is 84.2 Å². The molecule has 0 saturated carbocycles. The number of ether oxygens (including phenoxy) is 1. The molecule has 0 aliphatic rings. The number of carbonyl (C=O) groups excluding carboxylic acids is 1. The zero-order valence-corrected chi connectivity index (χ0v) is 8.00. The summed E-state index contributed by atoms with van der Waals surface area (Å²) in [6, 6.07) is 0. The number of oxazole rings is 1. The van der Waals surface area contributed by atoms with E-state index in [-0.39, 0.29) is 18.9 Å². The summed E-state index contributed by atoms with van der Waals surface area (Å²) in [6.07, 6.45) is -2.71. The van der Waals surface area contributed by atoms with Crippen molar-refractivity contribution in [2.75, 3.05) is 13.7 Å². The van der Waals surface area contributed by atoms with Crippen molar-refractivity contribution < 1.29 is 22.7 Å². The molecule has 0 bridgehead atoms. The third-order valence-corrected chi connectivity index (χ3v) is 1.63. The first kappa shape index (κ1) is 11.6. The van der Waals surface area contributed by atoms with Gasteiger partial charge >= 0.3 is 5.97 Å². The van der Waals surface area contributed by atoms with E-state index in [9.17, 15) is 13.6 Å². The minimum Gasteiger partial charge on any atom is -0.464 e. The predicted octanol–water partition coefficient (Wildman–Crippen LogP) is 0.900. The fraction of sp³-hybridized carbons (Fsp3) is 0.500. The lowest BCUT2D eigenvalue weighted by Crippen LogP contribution is -2.06. The van der Waals surface area contributed by atoms with Crippen LogP contribution in [0.3, 0.4) is 0 Å². The van der Waals surface area contributed by atoms with Gasteiger partial charge in [-0.2, -0.15) is 0 Å². The van der Waals surface area contributed by atoms with E-state index < -0.39 is 23.8 Å². The molecule has 1 aromatic rings. The van der Waals surface area contributed by atoms with E-state index >= 15 is 0 Å². The second-order valence-electron chi connectivity index (χ2n) is 2.65. The SMILES string of the molecule is COC(=O)c1nc(CCN)oc1C(F)F. The molecule has 0 aliphatic carbocycles. The molecule has 0 saturated heterocycles. The number of esters is 1. The van der Waals surface area contributed by atoms with Gasteiger partial charge in [0, 0.05) is 13.0 Å². The number of halogens is 2. The molecule has 1 rings (SSSR count). The summed E-state index contributed by atoms with van der Waals surface area (Å²) in [5.74, 6) is -1.71. The maximum atomic E-state index is 12.4. The van der Waals surface area contributed by atoms with Gasteiger partial charge in [0.2, 0.25) is 5.76 Å². The Bertz CT molecular complexity index is 352. The van der Waals surface area contributed by atoms with Gasteiger partial charge in [0.15, 0.2) is 11.6 Å². The van der Waals surface area contributed by atoms with Crippen molar-refractivity contribution in [2.24, 2.45) is 5.73 Å². The summed E-state index contributed by atoms with van der Waals surface area (Å²) in [7, 11) is 1.08. The number of alkyl halides is 2. The lowest BCUT2D eigenvalue weighted by Gasteiger charge is -1.96. The second kappa shape index (κ2) is 4.83. The normalized spacial score (nSPS) is 10.7. The molecule has 0 aliphatic heterocycles. The monoisotopic (exact) mass is 220 g/mol. The van der Waals surface area contributed by atoms with Crippen LogP contribution < -0.4 is 5.73 Å². The van der Waals surface area contributed by atoms with Gasteiger partial charge in [0.05, 0.1) is 7.11 Å². The van der Waals surface area contributed by atoms with Crippen LogP contribution in [0.15, 0.2) is 4.42 Å². The largest absolute Gasteiger partial charge is 0.464 e. The first-order chi connectivity index (χ1) is 7.10. The van der Waals surface area contributed by atoms with Crippen LogP contribution in [0, 0.1) is 0 Å². The number of nitrogens with two attached hydrogens (primary N) is 1. The molecule has 0 amide bonds. The first-order valence-corrected chi connectivity index (χ1v) is 4.16. The molecule has 1 heterocycles. The smallest absolute Gasteiger partial charge is 0.360 e. The zero-order valence-electron chi connectivity index (χ0n) is 8.00. The standard InChI is InChI=1S/C8H10F2N2O3/c1-14-8(13)5-6(7(9)10)15-4(12-5)2-3-11/h7H,2-3,11H2,1H3. The summed E-state index contributed by atoms with van der Waals surface area (Å²) < 4.78 is 33.8. The van der Waals surface area contributed by atoms with E-state index in [1.165, 1.54) is 0 Å². The zero-order chi connectivity index (χ0) is 11.4. The number of hydrogen-bond acceptors (Lipinski definition) is 5. The number of rotatable bonds is 4. The van der Waals surface area contributed by atoms with Crippen LogP contribution in [0.2, 0.25) is 0 Å². The van der Waals surface area contributed by atoms with Crippen LogP contribution in [-0.4, -0.2) is 24.6 Å². The summed E-state index contributed by atoms with van der Waals surface area (Å²) in [5.41, 5.74) is 4.71. The van der Waals surface area contributed by atoms with Crippen molar-refractivity contribution in [1.82, 2.24) is 4.98 Å². The number of hydrogen-bond donors (Lipinski definition) is 1. The Morgan fingerprint density at radius 3 is 2.80 bits per heavy atom. The van der Waals surface area contributed by atoms with Crippen LogP contribution >= 0.6 is 0 Å². The van der Waals surface area contributed by atoms with Gasteiger partial charge < -0.3 is 14.9 Å². The lowest BCUT2D eigenvalue weighted by molar-refractivity contribution is 0.0574. The molecule has 7 heteroatoms. The topological polar surface area (TPSA) is 78.3 Å². The highest BCUT2D eigenvalue weighted by Gasteiger charge is 2.26. The Kier molecular flexibility index (Phi) is 3.73. The molecule has 1 aromatic heterocycles. The molecule has 0 fully saturated rings. The van der Waals surface area contributed by atoms with Crippen LogP contribution in [0.4, 0.5) is 8.78 Å². The van der Waals surface area contributed by atoms with Crippen LogP contribution in [0.1, 0.15) is 28.6 Å². The van der Waals surface area contributed by atoms with Crippen LogP contribution in [-0.2, 0) is 11.2 Å².